The molecule has 0 fully saturated rings. The number of carbonyl (C=O) groups excluding carboxylic acids is 1. The van der Waals surface area contributed by atoms with Gasteiger partial charge in [-0.1, -0.05) is 6.07 Å². The summed E-state index contributed by atoms with van der Waals surface area (Å²) in [6.45, 7) is 0.412. The minimum atomic E-state index is -0.413. The van der Waals surface area contributed by atoms with Gasteiger partial charge >= 0.3 is 0 Å². The summed E-state index contributed by atoms with van der Waals surface area (Å²) in [4.78, 5) is 30.4. The van der Waals surface area contributed by atoms with Gasteiger partial charge in [-0.15, -0.1) is 11.3 Å². The highest BCUT2D eigenvalue weighted by molar-refractivity contribution is 7.15. The van der Waals surface area contributed by atoms with E-state index in [1.807, 2.05) is 18.2 Å². The molecule has 0 aliphatic heterocycles. The summed E-state index contributed by atoms with van der Waals surface area (Å²) in [5, 5.41) is 1.79. The Morgan fingerprint density at radius 2 is 2.08 bits per heavy atom. The number of fused-ring (bicyclic) bond motifs is 2. The molecule has 3 aromatic heterocycles. The van der Waals surface area contributed by atoms with Crippen LogP contribution in [0.15, 0.2) is 40.6 Å². The molecule has 120 valence electrons. The molecule has 0 aliphatic rings. The van der Waals surface area contributed by atoms with Gasteiger partial charge in [0.05, 0.1) is 11.7 Å². The highest BCUT2D eigenvalue weighted by Gasteiger charge is 2.17. The molecule has 4 rings (SSSR count). The zero-order valence-corrected chi connectivity index (χ0v) is 14.2. The number of carbonyl (C=O) groups is 1. The van der Waals surface area contributed by atoms with Crippen LogP contribution in [0.3, 0.4) is 0 Å². The van der Waals surface area contributed by atoms with Gasteiger partial charge in [-0.05, 0) is 17.7 Å². The second-order valence-electron chi connectivity index (χ2n) is 5.28. The van der Waals surface area contributed by atoms with Crippen LogP contribution in [-0.2, 0) is 6.54 Å². The van der Waals surface area contributed by atoms with Gasteiger partial charge in [0.15, 0.2) is 4.96 Å². The van der Waals surface area contributed by atoms with Crippen molar-refractivity contribution in [3.05, 3.63) is 57.5 Å². The first-order valence-electron chi connectivity index (χ1n) is 7.05. The maximum Gasteiger partial charge on any atom is 0.274 e. The quantitative estimate of drug-likeness (QED) is 0.560. The molecule has 0 bridgehead atoms. The average molecular weight is 357 g/mol. The van der Waals surface area contributed by atoms with Gasteiger partial charge in [0.2, 0.25) is 0 Å². The van der Waals surface area contributed by atoms with Gasteiger partial charge in [0, 0.05) is 31.2 Å². The van der Waals surface area contributed by atoms with Crippen LogP contribution in [-0.4, -0.2) is 36.0 Å². The van der Waals surface area contributed by atoms with Crippen LogP contribution in [0, 0.1) is 0 Å². The first-order chi connectivity index (χ1) is 11.6. The summed E-state index contributed by atoms with van der Waals surface area (Å²) in [6, 6.07) is 7.00. The van der Waals surface area contributed by atoms with Gasteiger partial charge in [-0.25, -0.2) is 0 Å². The van der Waals surface area contributed by atoms with Gasteiger partial charge in [-0.2, -0.15) is 13.7 Å². The Balaban J connectivity index is 1.65. The molecule has 0 radical (unpaired) electrons. The Labute approximate surface area is 144 Å². The molecule has 0 unspecified atom stereocenters. The lowest BCUT2D eigenvalue weighted by Gasteiger charge is -2.17. The average Bonchev–Trinajstić information content (AvgIpc) is 3.21. The number of aromatic nitrogens is 4. The fraction of sp³-hybridized carbons (Fsp3) is 0.133. The van der Waals surface area contributed by atoms with Crippen molar-refractivity contribution in [3.8, 4) is 0 Å². The van der Waals surface area contributed by atoms with Crippen molar-refractivity contribution in [2.24, 2.45) is 0 Å². The number of rotatable bonds is 3. The Morgan fingerprint density at radius 1 is 1.25 bits per heavy atom. The highest BCUT2D eigenvalue weighted by Crippen LogP contribution is 2.16. The highest BCUT2D eigenvalue weighted by atomic mass is 32.1. The van der Waals surface area contributed by atoms with Crippen molar-refractivity contribution in [1.29, 1.82) is 0 Å². The van der Waals surface area contributed by atoms with E-state index in [-0.39, 0.29) is 5.91 Å². The molecule has 24 heavy (non-hydrogen) atoms. The van der Waals surface area contributed by atoms with Crippen molar-refractivity contribution in [3.63, 3.8) is 0 Å². The van der Waals surface area contributed by atoms with E-state index in [9.17, 15) is 9.59 Å². The Bertz CT molecular complexity index is 1110. The van der Waals surface area contributed by atoms with Crippen molar-refractivity contribution < 1.29 is 4.79 Å². The first kappa shape index (κ1) is 14.9. The van der Waals surface area contributed by atoms with Crippen LogP contribution >= 0.6 is 23.1 Å². The van der Waals surface area contributed by atoms with Gasteiger partial charge in [0.1, 0.15) is 16.7 Å². The van der Waals surface area contributed by atoms with E-state index in [4.69, 9.17) is 0 Å². The van der Waals surface area contributed by atoms with Crippen molar-refractivity contribution in [2.45, 2.75) is 6.54 Å². The predicted molar refractivity (Wildman–Crippen MR) is 92.6 cm³/mol. The summed E-state index contributed by atoms with van der Waals surface area (Å²) >= 11 is 2.48. The Kier molecular flexibility index (Phi) is 3.58. The van der Waals surface area contributed by atoms with E-state index in [1.165, 1.54) is 17.4 Å². The van der Waals surface area contributed by atoms with E-state index in [2.05, 4.69) is 13.7 Å². The summed E-state index contributed by atoms with van der Waals surface area (Å²) < 4.78 is 10.0. The molecule has 1 amide bonds. The second kappa shape index (κ2) is 5.77. The van der Waals surface area contributed by atoms with Crippen LogP contribution in [0.1, 0.15) is 16.1 Å². The lowest BCUT2D eigenvalue weighted by atomic mass is 10.2. The molecule has 0 spiro atoms. The van der Waals surface area contributed by atoms with E-state index < -0.39 is 5.56 Å². The van der Waals surface area contributed by atoms with Crippen molar-refractivity contribution in [2.75, 3.05) is 7.05 Å². The van der Waals surface area contributed by atoms with Crippen molar-refractivity contribution in [1.82, 2.24) is 23.0 Å². The minimum Gasteiger partial charge on any atom is -0.336 e. The fourth-order valence-corrected chi connectivity index (χ4v) is 3.72. The predicted octanol–water partition coefficient (Wildman–Crippen LogP) is 2.03. The SMILES string of the molecule is CN(Cc1ccc2nsnc2c1)C(=O)c1cc(=O)nc2sccn12. The molecule has 4 aromatic rings. The van der Waals surface area contributed by atoms with Crippen LogP contribution < -0.4 is 5.56 Å². The molecule has 9 heteroatoms. The van der Waals surface area contributed by atoms with Crippen LogP contribution in [0.2, 0.25) is 0 Å². The van der Waals surface area contributed by atoms with Gasteiger partial charge in [0.25, 0.3) is 11.5 Å². The number of benzene rings is 1. The second-order valence-corrected chi connectivity index (χ2v) is 6.69. The molecule has 0 atom stereocenters. The summed E-state index contributed by atoms with van der Waals surface area (Å²) in [5.41, 5.74) is 2.51. The fourth-order valence-electron chi connectivity index (χ4n) is 2.48. The van der Waals surface area contributed by atoms with E-state index in [0.717, 1.165) is 28.3 Å². The van der Waals surface area contributed by atoms with E-state index >= 15 is 0 Å². The largest absolute Gasteiger partial charge is 0.336 e. The number of nitrogens with zero attached hydrogens (tertiary/aromatic N) is 5. The third kappa shape index (κ3) is 2.57. The zero-order valence-electron chi connectivity index (χ0n) is 12.5. The first-order valence-corrected chi connectivity index (χ1v) is 8.66. The molecule has 0 saturated carbocycles. The third-order valence-corrected chi connectivity index (χ3v) is 4.93. The standard InChI is InChI=1S/C15H11N5O2S2/c1-19(8-9-2-3-10-11(6-9)18-24-17-10)14(22)12-7-13(21)16-15-20(12)4-5-23-15/h2-7H,8H2,1H3. The number of thiazole rings is 1. The van der Waals surface area contributed by atoms with Crippen LogP contribution in [0.5, 0.6) is 0 Å². The smallest absolute Gasteiger partial charge is 0.274 e. The molecule has 3 heterocycles. The summed E-state index contributed by atoms with van der Waals surface area (Å²) in [5.74, 6) is -0.237. The molecule has 0 aliphatic carbocycles. The number of hydrogen-bond donors (Lipinski definition) is 0. The Morgan fingerprint density at radius 3 is 2.96 bits per heavy atom. The maximum atomic E-state index is 12.7. The minimum absolute atomic E-state index is 0.237. The lowest BCUT2D eigenvalue weighted by Crippen LogP contribution is -2.29. The van der Waals surface area contributed by atoms with Crippen LogP contribution in [0.4, 0.5) is 0 Å². The topological polar surface area (TPSA) is 80.5 Å². The third-order valence-electron chi connectivity index (χ3n) is 3.62. The zero-order chi connectivity index (χ0) is 16.7. The van der Waals surface area contributed by atoms with Crippen LogP contribution in [0.25, 0.3) is 16.0 Å². The van der Waals surface area contributed by atoms with Crippen molar-refractivity contribution >= 4 is 45.0 Å². The van der Waals surface area contributed by atoms with Gasteiger partial charge in [-0.3, -0.25) is 14.0 Å². The van der Waals surface area contributed by atoms with E-state index in [0.29, 0.717) is 17.2 Å². The Hall–Kier alpha value is -2.65. The molecular formula is C15H11N5O2S2. The normalized spacial score (nSPS) is 11.2. The molecule has 7 nitrogen and oxygen atoms in total. The maximum absolute atomic E-state index is 12.7. The summed E-state index contributed by atoms with van der Waals surface area (Å²) in [7, 11) is 1.70. The van der Waals surface area contributed by atoms with Gasteiger partial charge < -0.3 is 4.90 Å². The molecular weight excluding hydrogens is 346 g/mol. The molecule has 1 aromatic carbocycles. The molecule has 0 N–H and O–H groups in total. The molecule has 0 saturated heterocycles. The van der Waals surface area contributed by atoms with E-state index in [1.54, 1.807) is 27.9 Å². The monoisotopic (exact) mass is 357 g/mol. The number of amides is 1. The number of hydrogen-bond acceptors (Lipinski definition) is 7. The summed E-state index contributed by atoms with van der Waals surface area (Å²) in [6.07, 6.45) is 1.74. The lowest BCUT2D eigenvalue weighted by molar-refractivity contribution is 0.0777.